The molecule has 0 spiro atoms. The van der Waals surface area contributed by atoms with Gasteiger partial charge in [0.25, 0.3) is 5.91 Å². The number of Topliss-reactive ketones (excluding diaryl/α,β-unsaturated/α-hetero) is 1. The topological polar surface area (TPSA) is 76.1 Å². The number of hydrogen-bond donors (Lipinski definition) is 1. The van der Waals surface area contributed by atoms with E-state index in [9.17, 15) is 14.7 Å². The molecule has 6 heteroatoms. The first-order chi connectivity index (χ1) is 12.7. The number of amides is 1. The van der Waals surface area contributed by atoms with Gasteiger partial charge < -0.3 is 19.5 Å². The van der Waals surface area contributed by atoms with Crippen molar-refractivity contribution < 1.29 is 24.2 Å². The molecule has 1 aromatic rings. The molecule has 1 amide bonds. The molecule has 0 radical (unpaired) electrons. The van der Waals surface area contributed by atoms with Crippen molar-refractivity contribution in [1.82, 2.24) is 4.90 Å². The van der Waals surface area contributed by atoms with Crippen molar-refractivity contribution in [2.45, 2.75) is 26.8 Å². The van der Waals surface area contributed by atoms with Gasteiger partial charge in [-0.15, -0.1) is 0 Å². The first-order valence-electron chi connectivity index (χ1n) is 8.83. The second-order valence-electron chi connectivity index (χ2n) is 7.41. The van der Waals surface area contributed by atoms with Gasteiger partial charge in [0.15, 0.2) is 11.5 Å². The molecule has 0 saturated heterocycles. The van der Waals surface area contributed by atoms with Gasteiger partial charge in [-0.3, -0.25) is 9.59 Å². The number of rotatable bonds is 8. The minimum Gasteiger partial charge on any atom is -0.503 e. The van der Waals surface area contributed by atoms with Crippen LogP contribution in [0.25, 0.3) is 0 Å². The zero-order valence-corrected chi connectivity index (χ0v) is 16.3. The van der Waals surface area contributed by atoms with Crippen LogP contribution in [0.5, 0.6) is 5.75 Å². The average Bonchev–Trinajstić information content (AvgIpc) is 2.88. The molecule has 6 nitrogen and oxygen atoms in total. The Hall–Kier alpha value is -2.60. The van der Waals surface area contributed by atoms with Crippen molar-refractivity contribution in [1.29, 1.82) is 0 Å². The van der Waals surface area contributed by atoms with E-state index in [0.29, 0.717) is 24.5 Å². The van der Waals surface area contributed by atoms with Gasteiger partial charge in [-0.2, -0.15) is 0 Å². The number of hydrogen-bond acceptors (Lipinski definition) is 5. The fourth-order valence-corrected chi connectivity index (χ4v) is 2.99. The number of carbonyl (C=O) groups is 2. The van der Waals surface area contributed by atoms with E-state index in [-0.39, 0.29) is 17.9 Å². The van der Waals surface area contributed by atoms with E-state index in [1.165, 1.54) is 12.0 Å². The van der Waals surface area contributed by atoms with E-state index in [1.807, 2.05) is 6.07 Å². The highest BCUT2D eigenvalue weighted by Gasteiger charge is 2.45. The highest BCUT2D eigenvalue weighted by atomic mass is 16.5. The predicted molar refractivity (Wildman–Crippen MR) is 103 cm³/mol. The normalized spacial score (nSPS) is 17.4. The second kappa shape index (κ2) is 8.39. The maximum atomic E-state index is 13.0. The van der Waals surface area contributed by atoms with Crippen LogP contribution in [0.3, 0.4) is 0 Å². The maximum Gasteiger partial charge on any atom is 0.290 e. The van der Waals surface area contributed by atoms with Crippen molar-refractivity contribution in [2.24, 2.45) is 5.41 Å². The Balaban J connectivity index is 2.52. The third kappa shape index (κ3) is 4.39. The lowest BCUT2D eigenvalue weighted by Gasteiger charge is -2.29. The van der Waals surface area contributed by atoms with E-state index >= 15 is 0 Å². The molecule has 0 aromatic heterocycles. The molecular weight excluding hydrogens is 346 g/mol. The summed E-state index contributed by atoms with van der Waals surface area (Å²) in [7, 11) is 1.54. The van der Waals surface area contributed by atoms with Gasteiger partial charge in [-0.05, 0) is 17.7 Å². The van der Waals surface area contributed by atoms with Crippen molar-refractivity contribution in [2.75, 3.05) is 26.9 Å². The molecule has 1 atom stereocenters. The minimum absolute atomic E-state index is 0.115. The van der Waals surface area contributed by atoms with Gasteiger partial charge in [0.2, 0.25) is 0 Å². The van der Waals surface area contributed by atoms with Gasteiger partial charge in [-0.25, -0.2) is 0 Å². The molecule has 1 heterocycles. The average molecular weight is 373 g/mol. The fraction of sp³-hybridized carbons (Fsp3) is 0.429. The number of aliphatic hydroxyl groups excluding tert-OH is 1. The molecule has 1 aliphatic rings. The first-order valence-corrected chi connectivity index (χ1v) is 8.83. The maximum absolute atomic E-state index is 13.0. The number of benzene rings is 1. The lowest BCUT2D eigenvalue weighted by molar-refractivity contribution is -0.130. The lowest BCUT2D eigenvalue weighted by Crippen LogP contribution is -2.35. The summed E-state index contributed by atoms with van der Waals surface area (Å²) in [5.74, 6) is -0.730. The SMILES string of the molecule is C=CCOc1cccc(C2C(C(=O)C(C)(C)C)=C(O)C(=O)N2CCOC)c1. The quantitative estimate of drug-likeness (QED) is 0.708. The molecule has 1 N–H and O–H groups in total. The van der Waals surface area contributed by atoms with Gasteiger partial charge in [0, 0.05) is 19.1 Å². The highest BCUT2D eigenvalue weighted by molar-refractivity contribution is 6.10. The van der Waals surface area contributed by atoms with Crippen LogP contribution >= 0.6 is 0 Å². The minimum atomic E-state index is -0.740. The largest absolute Gasteiger partial charge is 0.503 e. The van der Waals surface area contributed by atoms with E-state index in [1.54, 1.807) is 45.0 Å². The van der Waals surface area contributed by atoms with Crippen LogP contribution in [0.2, 0.25) is 0 Å². The van der Waals surface area contributed by atoms with Crippen LogP contribution in [0.1, 0.15) is 32.4 Å². The monoisotopic (exact) mass is 373 g/mol. The third-order valence-corrected chi connectivity index (χ3v) is 4.31. The van der Waals surface area contributed by atoms with Crippen LogP contribution in [-0.4, -0.2) is 48.6 Å². The van der Waals surface area contributed by atoms with Crippen LogP contribution < -0.4 is 4.74 Å². The summed E-state index contributed by atoms with van der Waals surface area (Å²) in [5, 5.41) is 10.5. The third-order valence-electron chi connectivity index (χ3n) is 4.31. The van der Waals surface area contributed by atoms with E-state index in [4.69, 9.17) is 9.47 Å². The van der Waals surface area contributed by atoms with Crippen molar-refractivity contribution in [3.8, 4) is 5.75 Å². The second-order valence-corrected chi connectivity index (χ2v) is 7.41. The van der Waals surface area contributed by atoms with Crippen molar-refractivity contribution in [3.63, 3.8) is 0 Å². The Morgan fingerprint density at radius 3 is 2.67 bits per heavy atom. The Labute approximate surface area is 160 Å². The summed E-state index contributed by atoms with van der Waals surface area (Å²) < 4.78 is 10.7. The number of ketones is 1. The molecule has 1 aliphatic heterocycles. The molecule has 1 unspecified atom stereocenters. The zero-order chi connectivity index (χ0) is 20.2. The predicted octanol–water partition coefficient (Wildman–Crippen LogP) is 3.21. The van der Waals surface area contributed by atoms with Gasteiger partial charge in [0.1, 0.15) is 12.4 Å². The number of aliphatic hydroxyl groups is 1. The summed E-state index contributed by atoms with van der Waals surface area (Å²) in [6, 6.07) is 6.48. The molecule has 2 rings (SSSR count). The molecule has 0 fully saturated rings. The summed E-state index contributed by atoms with van der Waals surface area (Å²) >= 11 is 0. The van der Waals surface area contributed by atoms with E-state index < -0.39 is 23.1 Å². The molecule has 0 bridgehead atoms. The summed E-state index contributed by atoms with van der Waals surface area (Å²) in [4.78, 5) is 27.1. The molecular formula is C21H27NO5. The van der Waals surface area contributed by atoms with Crippen molar-refractivity contribution in [3.05, 3.63) is 53.8 Å². The smallest absolute Gasteiger partial charge is 0.290 e. The van der Waals surface area contributed by atoms with Crippen LogP contribution in [-0.2, 0) is 14.3 Å². The van der Waals surface area contributed by atoms with Gasteiger partial charge in [0.05, 0.1) is 18.2 Å². The van der Waals surface area contributed by atoms with Crippen molar-refractivity contribution >= 4 is 11.7 Å². The highest BCUT2D eigenvalue weighted by Crippen LogP contribution is 2.41. The molecule has 1 aromatic carbocycles. The fourth-order valence-electron chi connectivity index (χ4n) is 2.99. The number of carbonyl (C=O) groups excluding carboxylic acids is 2. The standard InChI is InChI=1S/C21H27NO5/c1-6-11-27-15-9-7-8-14(13-15)17-16(19(24)21(2,3)4)18(23)20(25)22(17)10-12-26-5/h6-9,13,17,23H,1,10-12H2,2-5H3. The summed E-state index contributed by atoms with van der Waals surface area (Å²) in [6.45, 7) is 9.80. The van der Waals surface area contributed by atoms with Crippen LogP contribution in [0, 0.1) is 5.41 Å². The van der Waals surface area contributed by atoms with Crippen LogP contribution in [0.4, 0.5) is 0 Å². The molecule has 27 heavy (non-hydrogen) atoms. The molecule has 146 valence electrons. The van der Waals surface area contributed by atoms with Gasteiger partial charge >= 0.3 is 0 Å². The van der Waals surface area contributed by atoms with Gasteiger partial charge in [-0.1, -0.05) is 45.6 Å². The Morgan fingerprint density at radius 2 is 2.07 bits per heavy atom. The Morgan fingerprint density at radius 1 is 1.37 bits per heavy atom. The summed E-state index contributed by atoms with van der Waals surface area (Å²) in [5.41, 5.74) is 0.0675. The molecule has 0 aliphatic carbocycles. The van der Waals surface area contributed by atoms with Crippen LogP contribution in [0.15, 0.2) is 48.3 Å². The van der Waals surface area contributed by atoms with E-state index in [0.717, 1.165) is 0 Å². The Bertz CT molecular complexity index is 760. The molecule has 0 saturated carbocycles. The Kier molecular flexibility index (Phi) is 6.44. The lowest BCUT2D eigenvalue weighted by atomic mass is 9.82. The number of methoxy groups -OCH3 is 1. The summed E-state index contributed by atoms with van der Waals surface area (Å²) in [6.07, 6.45) is 1.64. The number of nitrogens with zero attached hydrogens (tertiary/aromatic N) is 1. The van der Waals surface area contributed by atoms with E-state index in [2.05, 4.69) is 6.58 Å². The number of ether oxygens (including phenoxy) is 2. The first kappa shape index (κ1) is 20.7. The zero-order valence-electron chi connectivity index (χ0n) is 16.3.